The third-order valence-corrected chi connectivity index (χ3v) is 5.40. The number of anilines is 1. The van der Waals surface area contributed by atoms with Crippen LogP contribution in [-0.4, -0.2) is 40.0 Å². The van der Waals surface area contributed by atoms with Crippen LogP contribution in [0.5, 0.6) is 0 Å². The van der Waals surface area contributed by atoms with E-state index in [2.05, 4.69) is 14.8 Å². The molecule has 2 aromatic carbocycles. The lowest BCUT2D eigenvalue weighted by molar-refractivity contribution is -0.123. The van der Waals surface area contributed by atoms with Crippen molar-refractivity contribution in [3.8, 4) is 11.1 Å². The van der Waals surface area contributed by atoms with Crippen LogP contribution in [0.2, 0.25) is 0 Å². The summed E-state index contributed by atoms with van der Waals surface area (Å²) < 4.78 is 86.9. The average Bonchev–Trinajstić information content (AvgIpc) is 3.21. The fourth-order valence-corrected chi connectivity index (χ4v) is 3.66. The number of nitrogens with one attached hydrogen (secondary N) is 1. The zero-order chi connectivity index (χ0) is 27.8. The molecule has 11 heteroatoms. The van der Waals surface area contributed by atoms with Crippen LogP contribution < -0.4 is 11.1 Å². The predicted octanol–water partition coefficient (Wildman–Crippen LogP) is 4.32. The van der Waals surface area contributed by atoms with Crippen LogP contribution in [0.3, 0.4) is 0 Å². The first-order valence-electron chi connectivity index (χ1n) is 11.8. The van der Waals surface area contributed by atoms with Gasteiger partial charge in [0.05, 0.1) is 16.2 Å². The van der Waals surface area contributed by atoms with Crippen molar-refractivity contribution in [2.75, 3.05) is 19.3 Å². The van der Waals surface area contributed by atoms with E-state index >= 15 is 13.2 Å². The monoisotopic (exact) mass is 490 g/mol. The Bertz CT molecular complexity index is 1490. The minimum absolute atomic E-state index is 0.00602. The van der Waals surface area contributed by atoms with Gasteiger partial charge in [0.1, 0.15) is 17.7 Å². The van der Waals surface area contributed by atoms with Crippen LogP contribution in [0.25, 0.3) is 16.8 Å². The van der Waals surface area contributed by atoms with E-state index in [0.29, 0.717) is 11.2 Å². The number of nitrogens with zero attached hydrogens (tertiary/aromatic N) is 3. The van der Waals surface area contributed by atoms with Crippen LogP contribution in [-0.2, 0) is 4.74 Å². The van der Waals surface area contributed by atoms with Crippen molar-refractivity contribution >= 4 is 17.5 Å². The van der Waals surface area contributed by atoms with E-state index in [1.54, 1.807) is 0 Å². The maximum atomic E-state index is 15.5. The Morgan fingerprint density at radius 3 is 2.69 bits per heavy atom. The van der Waals surface area contributed by atoms with Gasteiger partial charge in [0, 0.05) is 18.8 Å². The number of benzene rings is 2. The highest BCUT2D eigenvalue weighted by molar-refractivity contribution is 5.97. The van der Waals surface area contributed by atoms with Crippen LogP contribution in [0.4, 0.5) is 23.5 Å². The molecule has 0 aliphatic heterocycles. The number of ether oxygens (including phenoxy) is 1. The van der Waals surface area contributed by atoms with Crippen LogP contribution >= 0.6 is 0 Å². The lowest BCUT2D eigenvalue weighted by Gasteiger charge is -2.26. The molecule has 0 fully saturated rings. The summed E-state index contributed by atoms with van der Waals surface area (Å²) in [7, 11) is -3.22. The van der Waals surface area contributed by atoms with E-state index in [9.17, 15) is 9.18 Å². The minimum atomic E-state index is -3.97. The lowest BCUT2D eigenvalue weighted by atomic mass is 9.98. The summed E-state index contributed by atoms with van der Waals surface area (Å²) in [4.78, 5) is 16.9. The molecule has 2 heterocycles. The Morgan fingerprint density at radius 1 is 1.23 bits per heavy atom. The number of aromatic nitrogens is 3. The summed E-state index contributed by atoms with van der Waals surface area (Å²) in [6.07, 6.45) is -0.857. The van der Waals surface area contributed by atoms with E-state index in [4.69, 9.17) is 9.85 Å². The Labute approximate surface area is 201 Å². The average molecular weight is 490 g/mol. The smallest absolute Gasteiger partial charge is 0.294 e. The molecule has 2 aromatic heterocycles. The number of nitrogen functional groups attached to an aromatic ring is 1. The zero-order valence-electron chi connectivity index (χ0n) is 21.2. The summed E-state index contributed by atoms with van der Waals surface area (Å²) in [5, 5.41) is 5.90. The number of pyridine rings is 1. The van der Waals surface area contributed by atoms with Gasteiger partial charge in [-0.2, -0.15) is 4.98 Å². The van der Waals surface area contributed by atoms with Gasteiger partial charge in [-0.05, 0) is 47.9 Å². The van der Waals surface area contributed by atoms with Crippen molar-refractivity contribution in [3.05, 3.63) is 83.1 Å². The normalized spacial score (nSPS) is 14.3. The van der Waals surface area contributed by atoms with Gasteiger partial charge in [0.2, 0.25) is 5.95 Å². The minimum Gasteiger partial charge on any atom is -0.370 e. The molecule has 182 valence electrons. The van der Waals surface area contributed by atoms with Gasteiger partial charge in [0.15, 0.2) is 5.65 Å². The Morgan fingerprint density at radius 2 is 1.97 bits per heavy atom. The summed E-state index contributed by atoms with van der Waals surface area (Å²) in [6, 6.07) is 9.54. The standard InChI is InChI=1S/C24H21F4N5O2/c1-13-3-8-17(15-9-10-33-18(11-15)31-23(29)32-33)20(26)19(13)22(34)30-12-24(27,28)21(35-2)14-4-6-16(25)7-5-14/h3-11,21H,12H2,1-2H3,(H2,29,32)(H,30,34)/i2D3. The van der Waals surface area contributed by atoms with Crippen molar-refractivity contribution in [3.63, 3.8) is 0 Å². The number of rotatable bonds is 7. The van der Waals surface area contributed by atoms with Crippen molar-refractivity contribution in [2.45, 2.75) is 19.0 Å². The van der Waals surface area contributed by atoms with Gasteiger partial charge in [-0.1, -0.05) is 24.3 Å². The van der Waals surface area contributed by atoms with Gasteiger partial charge < -0.3 is 15.8 Å². The maximum Gasteiger partial charge on any atom is 0.294 e. The molecule has 0 saturated carbocycles. The SMILES string of the molecule is [2H]C([2H])([2H])OC(c1ccc(F)cc1)C(F)(F)CNC(=O)c1c(C)ccc(-c2ccn3nc(N)nc3c2)c1F. The number of nitrogens with two attached hydrogens (primary N) is 1. The first kappa shape index (κ1) is 20.4. The number of amides is 1. The molecule has 7 nitrogen and oxygen atoms in total. The summed E-state index contributed by atoms with van der Waals surface area (Å²) in [6.45, 7) is 0.0411. The van der Waals surface area contributed by atoms with Gasteiger partial charge >= 0.3 is 0 Å². The molecule has 0 bridgehead atoms. The molecule has 0 saturated heterocycles. The van der Waals surface area contributed by atoms with E-state index in [-0.39, 0.29) is 22.6 Å². The van der Waals surface area contributed by atoms with Crippen LogP contribution in [0.1, 0.15) is 31.7 Å². The molecular formula is C24H21F4N5O2. The molecule has 3 N–H and O–H groups in total. The fraction of sp³-hybridized carbons (Fsp3) is 0.208. The van der Waals surface area contributed by atoms with E-state index < -0.39 is 48.7 Å². The highest BCUT2D eigenvalue weighted by atomic mass is 19.3. The third kappa shape index (κ3) is 4.80. The largest absolute Gasteiger partial charge is 0.370 e. The number of hydrogen-bond donors (Lipinski definition) is 2. The van der Waals surface area contributed by atoms with Crippen LogP contribution in [0, 0.1) is 18.6 Å². The second-order valence-electron chi connectivity index (χ2n) is 7.80. The van der Waals surface area contributed by atoms with Crippen molar-refractivity contribution < 1.29 is 31.2 Å². The van der Waals surface area contributed by atoms with Crippen molar-refractivity contribution in [1.29, 1.82) is 0 Å². The first-order valence-corrected chi connectivity index (χ1v) is 10.3. The predicted molar refractivity (Wildman–Crippen MR) is 121 cm³/mol. The number of hydrogen-bond acceptors (Lipinski definition) is 5. The molecule has 4 rings (SSSR count). The second-order valence-corrected chi connectivity index (χ2v) is 7.80. The summed E-state index contributed by atoms with van der Waals surface area (Å²) >= 11 is 0. The Kier molecular flexibility index (Phi) is 5.44. The van der Waals surface area contributed by atoms with E-state index in [1.165, 1.54) is 41.9 Å². The molecule has 1 atom stereocenters. The topological polar surface area (TPSA) is 94.5 Å². The molecule has 0 aliphatic rings. The van der Waals surface area contributed by atoms with Gasteiger partial charge in [-0.3, -0.25) is 4.79 Å². The quantitative estimate of drug-likeness (QED) is 0.377. The maximum absolute atomic E-state index is 15.5. The zero-order valence-corrected chi connectivity index (χ0v) is 18.2. The van der Waals surface area contributed by atoms with Gasteiger partial charge in [-0.15, -0.1) is 5.10 Å². The molecule has 4 aromatic rings. The van der Waals surface area contributed by atoms with Crippen molar-refractivity contribution in [2.24, 2.45) is 0 Å². The highest BCUT2D eigenvalue weighted by Crippen LogP contribution is 2.34. The number of methoxy groups -OCH3 is 1. The number of fused-ring (bicyclic) bond motifs is 1. The van der Waals surface area contributed by atoms with E-state index in [1.807, 2.05) is 5.32 Å². The molecule has 35 heavy (non-hydrogen) atoms. The number of aryl methyl sites for hydroxylation is 1. The van der Waals surface area contributed by atoms with Crippen LogP contribution in [0.15, 0.2) is 54.7 Å². The fourth-order valence-electron chi connectivity index (χ4n) is 3.66. The number of carbonyl (C=O) groups excluding carboxylic acids is 1. The lowest BCUT2D eigenvalue weighted by Crippen LogP contribution is -2.41. The molecular weight excluding hydrogens is 466 g/mol. The van der Waals surface area contributed by atoms with E-state index in [0.717, 1.165) is 24.3 Å². The second kappa shape index (κ2) is 9.34. The Balaban J connectivity index is 1.60. The number of halogens is 4. The summed E-state index contributed by atoms with van der Waals surface area (Å²) in [5.41, 5.74) is 5.61. The molecule has 0 spiro atoms. The number of alkyl halides is 2. The molecule has 0 aliphatic carbocycles. The Hall–Kier alpha value is -3.99. The molecule has 0 radical (unpaired) electrons. The first-order chi connectivity index (χ1) is 17.7. The highest BCUT2D eigenvalue weighted by Gasteiger charge is 2.41. The van der Waals surface area contributed by atoms with Gasteiger partial charge in [-0.25, -0.2) is 22.1 Å². The molecule has 1 amide bonds. The molecule has 1 unspecified atom stereocenters. The third-order valence-electron chi connectivity index (χ3n) is 5.40. The summed E-state index contributed by atoms with van der Waals surface area (Å²) in [5.74, 6) is -6.80. The number of carbonyl (C=O) groups is 1. The van der Waals surface area contributed by atoms with Crippen molar-refractivity contribution in [1.82, 2.24) is 19.9 Å². The van der Waals surface area contributed by atoms with Gasteiger partial charge in [0.25, 0.3) is 11.8 Å².